The molecule has 0 spiro atoms. The summed E-state index contributed by atoms with van der Waals surface area (Å²) in [4.78, 5) is 2.28. The number of methoxy groups -OCH3 is 1. The average Bonchev–Trinajstić information content (AvgIpc) is 3.10. The number of benzene rings is 2. The molecule has 0 bridgehead atoms. The number of nitrogens with zero attached hydrogens (tertiary/aromatic N) is 1. The number of rotatable bonds is 7. The summed E-state index contributed by atoms with van der Waals surface area (Å²) < 4.78 is 11.3. The molecule has 0 saturated carbocycles. The van der Waals surface area contributed by atoms with Crippen molar-refractivity contribution in [3.63, 3.8) is 0 Å². The van der Waals surface area contributed by atoms with Gasteiger partial charge in [0.1, 0.15) is 11.5 Å². The molecule has 1 unspecified atom stereocenters. The van der Waals surface area contributed by atoms with Gasteiger partial charge in [-0.3, -0.25) is 4.90 Å². The van der Waals surface area contributed by atoms with Crippen molar-refractivity contribution >= 4 is 11.6 Å². The molecule has 1 aliphatic rings. The number of phenolic OH excluding ortho intramolecular Hbond substituents is 1. The summed E-state index contributed by atoms with van der Waals surface area (Å²) in [5.41, 5.74) is 1.94. The summed E-state index contributed by atoms with van der Waals surface area (Å²) in [6, 6.07) is 13.1. The Hall–Kier alpha value is -1.75. The molecule has 2 aromatic carbocycles. The van der Waals surface area contributed by atoms with E-state index in [0.29, 0.717) is 23.9 Å². The van der Waals surface area contributed by atoms with E-state index in [2.05, 4.69) is 4.90 Å². The predicted molar refractivity (Wildman–Crippen MR) is 99.2 cm³/mol. The second kappa shape index (κ2) is 8.56. The van der Waals surface area contributed by atoms with Gasteiger partial charge >= 0.3 is 0 Å². The van der Waals surface area contributed by atoms with Gasteiger partial charge in [0.15, 0.2) is 0 Å². The minimum atomic E-state index is 0.232. The monoisotopic (exact) mass is 361 g/mol. The highest BCUT2D eigenvalue weighted by molar-refractivity contribution is 6.30. The molecule has 134 valence electrons. The van der Waals surface area contributed by atoms with Gasteiger partial charge in [0, 0.05) is 42.4 Å². The van der Waals surface area contributed by atoms with E-state index in [9.17, 15) is 5.11 Å². The molecule has 1 heterocycles. The molecule has 2 aromatic rings. The Kier molecular flexibility index (Phi) is 6.19. The Labute approximate surface area is 153 Å². The lowest BCUT2D eigenvalue weighted by Crippen LogP contribution is -2.31. The van der Waals surface area contributed by atoms with E-state index < -0.39 is 0 Å². The van der Waals surface area contributed by atoms with E-state index >= 15 is 0 Å². The molecular formula is C20H24ClNO3. The summed E-state index contributed by atoms with van der Waals surface area (Å²) in [6.45, 7) is 2.96. The zero-order valence-corrected chi connectivity index (χ0v) is 15.2. The van der Waals surface area contributed by atoms with Gasteiger partial charge in [0.05, 0.1) is 13.2 Å². The fraction of sp³-hybridized carbons (Fsp3) is 0.400. The molecule has 3 rings (SSSR count). The maximum Gasteiger partial charge on any atom is 0.123 e. The van der Waals surface area contributed by atoms with Gasteiger partial charge in [0.2, 0.25) is 0 Å². The third-order valence-corrected chi connectivity index (χ3v) is 4.74. The van der Waals surface area contributed by atoms with Crippen LogP contribution in [0, 0.1) is 0 Å². The summed E-state index contributed by atoms with van der Waals surface area (Å²) in [5, 5.41) is 10.8. The Morgan fingerprint density at radius 1 is 1.20 bits per heavy atom. The zero-order chi connectivity index (χ0) is 17.6. The summed E-state index contributed by atoms with van der Waals surface area (Å²) in [5.74, 6) is 1.14. The lowest BCUT2D eigenvalue weighted by atomic mass is 10.1. The molecule has 5 heteroatoms. The first-order chi connectivity index (χ1) is 12.2. The molecule has 25 heavy (non-hydrogen) atoms. The molecular weight excluding hydrogens is 338 g/mol. The largest absolute Gasteiger partial charge is 0.508 e. The number of hydrogen-bond acceptors (Lipinski definition) is 4. The summed E-state index contributed by atoms with van der Waals surface area (Å²) >= 11 is 6.17. The van der Waals surface area contributed by atoms with E-state index in [4.69, 9.17) is 21.1 Å². The van der Waals surface area contributed by atoms with Crippen LogP contribution in [0.15, 0.2) is 42.5 Å². The highest BCUT2D eigenvalue weighted by Gasteiger charge is 2.21. The quantitative estimate of drug-likeness (QED) is 0.801. The van der Waals surface area contributed by atoms with E-state index in [-0.39, 0.29) is 6.10 Å². The number of halogens is 1. The van der Waals surface area contributed by atoms with Crippen molar-refractivity contribution in [2.75, 3.05) is 20.3 Å². The second-order valence-corrected chi connectivity index (χ2v) is 6.83. The molecule has 0 aliphatic carbocycles. The maximum atomic E-state index is 10.1. The van der Waals surface area contributed by atoms with Crippen LogP contribution in [-0.4, -0.2) is 36.4 Å². The van der Waals surface area contributed by atoms with Crippen LogP contribution in [0.4, 0.5) is 0 Å². The molecule has 4 nitrogen and oxygen atoms in total. The molecule has 1 N–H and O–H groups in total. The number of hydrogen-bond donors (Lipinski definition) is 1. The van der Waals surface area contributed by atoms with Gasteiger partial charge in [0.25, 0.3) is 0 Å². The fourth-order valence-electron chi connectivity index (χ4n) is 3.26. The lowest BCUT2D eigenvalue weighted by molar-refractivity contribution is 0.0673. The van der Waals surface area contributed by atoms with Crippen LogP contribution in [0.25, 0.3) is 0 Å². The summed E-state index contributed by atoms with van der Waals surface area (Å²) in [6.07, 6.45) is 2.41. The van der Waals surface area contributed by atoms with Crippen molar-refractivity contribution in [1.29, 1.82) is 0 Å². The van der Waals surface area contributed by atoms with E-state index in [0.717, 1.165) is 42.9 Å². The predicted octanol–water partition coefficient (Wildman–Crippen LogP) is 4.24. The van der Waals surface area contributed by atoms with Crippen molar-refractivity contribution < 1.29 is 14.6 Å². The third kappa shape index (κ3) is 4.88. The van der Waals surface area contributed by atoms with Gasteiger partial charge in [-0.25, -0.2) is 0 Å². The first kappa shape index (κ1) is 18.1. The van der Waals surface area contributed by atoms with Crippen LogP contribution in [0.2, 0.25) is 5.02 Å². The Bertz CT molecular complexity index is 701. The normalized spacial score (nSPS) is 17.2. The van der Waals surface area contributed by atoms with E-state index in [1.54, 1.807) is 13.2 Å². The van der Waals surface area contributed by atoms with Gasteiger partial charge in [-0.05, 0) is 37.1 Å². The lowest BCUT2D eigenvalue weighted by Gasteiger charge is -2.26. The van der Waals surface area contributed by atoms with E-state index in [1.807, 2.05) is 36.4 Å². The van der Waals surface area contributed by atoms with Crippen LogP contribution in [0.3, 0.4) is 0 Å². The van der Waals surface area contributed by atoms with E-state index in [1.165, 1.54) is 0 Å². The first-order valence-electron chi connectivity index (χ1n) is 8.59. The van der Waals surface area contributed by atoms with Gasteiger partial charge in [-0.15, -0.1) is 0 Å². The minimum absolute atomic E-state index is 0.232. The maximum absolute atomic E-state index is 10.1. The minimum Gasteiger partial charge on any atom is -0.508 e. The second-order valence-electron chi connectivity index (χ2n) is 6.39. The summed E-state index contributed by atoms with van der Waals surface area (Å²) in [7, 11) is 1.67. The average molecular weight is 362 g/mol. The van der Waals surface area contributed by atoms with Crippen molar-refractivity contribution in [2.45, 2.75) is 32.0 Å². The van der Waals surface area contributed by atoms with Crippen molar-refractivity contribution in [1.82, 2.24) is 4.90 Å². The SMILES string of the molecule is COc1ccc(Cl)cc1CN(Cc1ccccc1O)CC1CCCO1. The van der Waals surface area contributed by atoms with Gasteiger partial charge in [-0.1, -0.05) is 29.8 Å². The topological polar surface area (TPSA) is 41.9 Å². The number of aromatic hydroxyl groups is 1. The smallest absolute Gasteiger partial charge is 0.123 e. The van der Waals surface area contributed by atoms with Gasteiger partial charge in [-0.2, -0.15) is 0 Å². The zero-order valence-electron chi connectivity index (χ0n) is 14.5. The molecule has 0 aromatic heterocycles. The van der Waals surface area contributed by atoms with Crippen molar-refractivity contribution in [2.24, 2.45) is 0 Å². The number of ether oxygens (including phenoxy) is 2. The van der Waals surface area contributed by atoms with Crippen LogP contribution < -0.4 is 4.74 Å². The Morgan fingerprint density at radius 3 is 2.72 bits per heavy atom. The van der Waals surface area contributed by atoms with Crippen LogP contribution in [0.1, 0.15) is 24.0 Å². The Balaban J connectivity index is 1.80. The number of phenols is 1. The molecule has 1 atom stereocenters. The van der Waals surface area contributed by atoms with Crippen LogP contribution >= 0.6 is 11.6 Å². The number of para-hydroxylation sites is 1. The third-order valence-electron chi connectivity index (χ3n) is 4.51. The van der Waals surface area contributed by atoms with Crippen molar-refractivity contribution in [3.05, 3.63) is 58.6 Å². The fourth-order valence-corrected chi connectivity index (χ4v) is 3.45. The molecule has 1 saturated heterocycles. The molecule has 1 fully saturated rings. The van der Waals surface area contributed by atoms with Crippen LogP contribution in [0.5, 0.6) is 11.5 Å². The van der Waals surface area contributed by atoms with Gasteiger partial charge < -0.3 is 14.6 Å². The molecule has 0 radical (unpaired) electrons. The highest BCUT2D eigenvalue weighted by Crippen LogP contribution is 2.27. The molecule has 0 amide bonds. The highest BCUT2D eigenvalue weighted by atomic mass is 35.5. The standard InChI is InChI=1S/C20H24ClNO3/c1-24-20-9-8-17(21)11-16(20)13-22(14-18-6-4-10-25-18)12-15-5-2-3-7-19(15)23/h2-3,5,7-9,11,18,23H,4,6,10,12-14H2,1H3. The van der Waals surface area contributed by atoms with Crippen molar-refractivity contribution in [3.8, 4) is 11.5 Å². The Morgan fingerprint density at radius 2 is 2.00 bits per heavy atom. The van der Waals surface area contributed by atoms with Crippen LogP contribution in [-0.2, 0) is 17.8 Å². The molecule has 1 aliphatic heterocycles. The first-order valence-corrected chi connectivity index (χ1v) is 8.96.